The van der Waals surface area contributed by atoms with Gasteiger partial charge in [0.15, 0.2) is 5.76 Å². The Balaban J connectivity index is 1.69. The molecular formula is C18H18N2O5. The normalized spacial score (nSPS) is 15.0. The zero-order chi connectivity index (χ0) is 17.9. The van der Waals surface area contributed by atoms with Crippen molar-refractivity contribution in [2.75, 3.05) is 5.32 Å². The molecule has 25 heavy (non-hydrogen) atoms. The van der Waals surface area contributed by atoms with Crippen LogP contribution in [0.25, 0.3) is 0 Å². The van der Waals surface area contributed by atoms with E-state index < -0.39 is 17.4 Å². The molecule has 7 heteroatoms. The van der Waals surface area contributed by atoms with Crippen LogP contribution in [0.3, 0.4) is 0 Å². The predicted molar refractivity (Wildman–Crippen MR) is 89.4 cm³/mol. The van der Waals surface area contributed by atoms with Gasteiger partial charge >= 0.3 is 5.97 Å². The molecule has 0 unspecified atom stereocenters. The number of carbonyl (C=O) groups is 3. The highest BCUT2D eigenvalue weighted by Gasteiger charge is 2.40. The molecule has 1 aromatic heterocycles. The summed E-state index contributed by atoms with van der Waals surface area (Å²) in [4.78, 5) is 35.5. The smallest absolute Gasteiger partial charge is 0.305 e. The Hall–Kier alpha value is -3.09. The van der Waals surface area contributed by atoms with Crippen molar-refractivity contribution in [1.82, 2.24) is 5.32 Å². The highest BCUT2D eigenvalue weighted by atomic mass is 16.4. The first kappa shape index (κ1) is 16.8. The van der Waals surface area contributed by atoms with Crippen LogP contribution in [0.5, 0.6) is 0 Å². The van der Waals surface area contributed by atoms with Crippen molar-refractivity contribution in [3.05, 3.63) is 54.0 Å². The minimum Gasteiger partial charge on any atom is -0.481 e. The van der Waals surface area contributed by atoms with Crippen LogP contribution in [-0.4, -0.2) is 28.4 Å². The molecule has 2 amide bonds. The number of anilines is 1. The molecule has 0 bridgehead atoms. The van der Waals surface area contributed by atoms with Gasteiger partial charge in [0.1, 0.15) is 0 Å². The van der Waals surface area contributed by atoms with Gasteiger partial charge in [0.05, 0.1) is 18.2 Å². The summed E-state index contributed by atoms with van der Waals surface area (Å²) < 4.78 is 5.02. The van der Waals surface area contributed by atoms with Gasteiger partial charge in [-0.3, -0.25) is 14.4 Å². The lowest BCUT2D eigenvalue weighted by atomic mass is 9.74. The van der Waals surface area contributed by atoms with Crippen molar-refractivity contribution in [2.24, 2.45) is 0 Å². The topological polar surface area (TPSA) is 109 Å². The molecule has 1 aliphatic carbocycles. The molecule has 3 rings (SSSR count). The molecule has 1 heterocycles. The summed E-state index contributed by atoms with van der Waals surface area (Å²) in [7, 11) is 0. The van der Waals surface area contributed by atoms with Crippen molar-refractivity contribution >= 4 is 23.5 Å². The molecule has 2 aromatic rings. The summed E-state index contributed by atoms with van der Waals surface area (Å²) in [5.41, 5.74) is 0.139. The molecule has 1 fully saturated rings. The van der Waals surface area contributed by atoms with Crippen LogP contribution in [0, 0.1) is 0 Å². The molecule has 0 radical (unpaired) electrons. The second kappa shape index (κ2) is 6.80. The van der Waals surface area contributed by atoms with Gasteiger partial charge in [-0.25, -0.2) is 0 Å². The molecule has 1 aliphatic rings. The third kappa shape index (κ3) is 3.88. The van der Waals surface area contributed by atoms with Crippen LogP contribution in [-0.2, 0) is 4.79 Å². The molecule has 1 aromatic carbocycles. The van der Waals surface area contributed by atoms with Gasteiger partial charge < -0.3 is 20.2 Å². The largest absolute Gasteiger partial charge is 0.481 e. The van der Waals surface area contributed by atoms with Crippen molar-refractivity contribution in [1.29, 1.82) is 0 Å². The number of rotatable bonds is 6. The van der Waals surface area contributed by atoms with E-state index in [4.69, 9.17) is 9.52 Å². The lowest BCUT2D eigenvalue weighted by Crippen LogP contribution is -2.54. The monoisotopic (exact) mass is 342 g/mol. The van der Waals surface area contributed by atoms with Gasteiger partial charge in [-0.15, -0.1) is 0 Å². The third-order valence-corrected chi connectivity index (χ3v) is 4.31. The van der Waals surface area contributed by atoms with Gasteiger partial charge in [0.25, 0.3) is 11.8 Å². The Kier molecular flexibility index (Phi) is 4.56. The van der Waals surface area contributed by atoms with Gasteiger partial charge in [-0.1, -0.05) is 6.07 Å². The summed E-state index contributed by atoms with van der Waals surface area (Å²) in [6.07, 6.45) is 3.51. The summed E-state index contributed by atoms with van der Waals surface area (Å²) in [6.45, 7) is 0. The quantitative estimate of drug-likeness (QED) is 0.748. The third-order valence-electron chi connectivity index (χ3n) is 4.31. The maximum Gasteiger partial charge on any atom is 0.305 e. The lowest BCUT2D eigenvalue weighted by molar-refractivity contribution is -0.139. The van der Waals surface area contributed by atoms with E-state index in [0.29, 0.717) is 24.1 Å². The second-order valence-electron chi connectivity index (χ2n) is 6.17. The van der Waals surface area contributed by atoms with Crippen LogP contribution in [0.15, 0.2) is 47.1 Å². The Morgan fingerprint density at radius 3 is 2.52 bits per heavy atom. The molecule has 130 valence electrons. The fourth-order valence-corrected chi connectivity index (χ4v) is 2.89. The van der Waals surface area contributed by atoms with E-state index in [2.05, 4.69) is 10.6 Å². The van der Waals surface area contributed by atoms with E-state index in [1.807, 2.05) is 0 Å². The summed E-state index contributed by atoms with van der Waals surface area (Å²) in [5.74, 6) is -1.52. The van der Waals surface area contributed by atoms with Crippen LogP contribution in [0.2, 0.25) is 0 Å². The zero-order valence-corrected chi connectivity index (χ0v) is 13.5. The number of hydrogen-bond donors (Lipinski definition) is 3. The number of carboxylic acid groups (broad SMARTS) is 1. The number of carboxylic acids is 1. The Morgan fingerprint density at radius 2 is 1.92 bits per heavy atom. The Labute approximate surface area is 144 Å². The van der Waals surface area contributed by atoms with Crippen LogP contribution < -0.4 is 10.6 Å². The average molecular weight is 342 g/mol. The first-order valence-corrected chi connectivity index (χ1v) is 7.97. The molecule has 0 saturated heterocycles. The molecule has 7 nitrogen and oxygen atoms in total. The summed E-state index contributed by atoms with van der Waals surface area (Å²) >= 11 is 0. The standard InChI is InChI=1S/C18H18N2O5/c21-15(22)11-18(7-3-8-18)20-16(23)12-4-1-5-13(10-12)19-17(24)14-6-2-9-25-14/h1-2,4-6,9-10H,3,7-8,11H2,(H,19,24)(H,20,23)(H,21,22). The van der Waals surface area contributed by atoms with Crippen LogP contribution >= 0.6 is 0 Å². The van der Waals surface area contributed by atoms with E-state index in [1.54, 1.807) is 30.3 Å². The minimum absolute atomic E-state index is 0.0896. The number of benzene rings is 1. The van der Waals surface area contributed by atoms with E-state index in [9.17, 15) is 14.4 Å². The lowest BCUT2D eigenvalue weighted by Gasteiger charge is -2.41. The number of carbonyl (C=O) groups excluding carboxylic acids is 2. The van der Waals surface area contributed by atoms with Crippen LogP contribution in [0.4, 0.5) is 5.69 Å². The van der Waals surface area contributed by atoms with Gasteiger partial charge in [-0.2, -0.15) is 0 Å². The highest BCUT2D eigenvalue weighted by molar-refractivity contribution is 6.03. The van der Waals surface area contributed by atoms with Crippen molar-refractivity contribution in [3.63, 3.8) is 0 Å². The van der Waals surface area contributed by atoms with Crippen LogP contribution in [0.1, 0.15) is 46.6 Å². The molecule has 0 aliphatic heterocycles. The van der Waals surface area contributed by atoms with Crippen molar-refractivity contribution < 1.29 is 23.9 Å². The maximum absolute atomic E-state index is 12.5. The SMILES string of the molecule is O=C(O)CC1(NC(=O)c2cccc(NC(=O)c3ccco3)c2)CCC1. The van der Waals surface area contributed by atoms with E-state index in [-0.39, 0.29) is 18.1 Å². The maximum atomic E-state index is 12.5. The first-order valence-electron chi connectivity index (χ1n) is 7.97. The molecule has 1 saturated carbocycles. The molecule has 0 atom stereocenters. The molecule has 0 spiro atoms. The fourth-order valence-electron chi connectivity index (χ4n) is 2.89. The Bertz CT molecular complexity index is 794. The van der Waals surface area contributed by atoms with Crippen molar-refractivity contribution in [3.8, 4) is 0 Å². The van der Waals surface area contributed by atoms with E-state index >= 15 is 0 Å². The minimum atomic E-state index is -0.931. The predicted octanol–water partition coefficient (Wildman–Crippen LogP) is 2.66. The van der Waals surface area contributed by atoms with Gasteiger partial charge in [-0.05, 0) is 49.6 Å². The van der Waals surface area contributed by atoms with Gasteiger partial charge in [0, 0.05) is 11.3 Å². The number of hydrogen-bond acceptors (Lipinski definition) is 4. The second-order valence-corrected chi connectivity index (χ2v) is 6.17. The summed E-state index contributed by atoms with van der Waals surface area (Å²) in [5, 5.41) is 14.5. The average Bonchev–Trinajstić information content (AvgIpc) is 3.07. The number of furan rings is 1. The van der Waals surface area contributed by atoms with Gasteiger partial charge in [0.2, 0.25) is 0 Å². The molecule has 3 N–H and O–H groups in total. The van der Waals surface area contributed by atoms with E-state index in [1.165, 1.54) is 12.3 Å². The number of amides is 2. The molecular weight excluding hydrogens is 324 g/mol. The highest BCUT2D eigenvalue weighted by Crippen LogP contribution is 2.35. The fraction of sp³-hybridized carbons (Fsp3) is 0.278. The number of nitrogens with one attached hydrogen (secondary N) is 2. The zero-order valence-electron chi connectivity index (χ0n) is 13.5. The van der Waals surface area contributed by atoms with Crippen molar-refractivity contribution in [2.45, 2.75) is 31.2 Å². The first-order chi connectivity index (χ1) is 12.0. The Morgan fingerprint density at radius 1 is 1.12 bits per heavy atom. The number of aliphatic carboxylic acids is 1. The summed E-state index contributed by atoms with van der Waals surface area (Å²) in [6, 6.07) is 9.62. The van der Waals surface area contributed by atoms with E-state index in [0.717, 1.165) is 6.42 Å².